The Hall–Kier alpha value is -1.88. The zero-order valence-electron chi connectivity index (χ0n) is 11.4. The fraction of sp³-hybridized carbons (Fsp3) is 0.467. The number of benzene rings is 1. The predicted molar refractivity (Wildman–Crippen MR) is 71.9 cm³/mol. The van der Waals surface area contributed by atoms with Crippen LogP contribution in [0.25, 0.3) is 0 Å². The SMILES string of the molecule is Cc1ccc(NC(=O)C[C@H](C(=O)[O-])[C@@H]2CCCO2)cc1. The molecule has 2 rings (SSSR count). The number of anilines is 1. The summed E-state index contributed by atoms with van der Waals surface area (Å²) in [6.45, 7) is 2.50. The molecule has 1 aromatic carbocycles. The molecule has 1 aliphatic rings. The van der Waals surface area contributed by atoms with Crippen molar-refractivity contribution in [3.63, 3.8) is 0 Å². The van der Waals surface area contributed by atoms with Gasteiger partial charge in [0.05, 0.1) is 6.10 Å². The highest BCUT2D eigenvalue weighted by Gasteiger charge is 2.28. The van der Waals surface area contributed by atoms with E-state index in [1.165, 1.54) is 0 Å². The van der Waals surface area contributed by atoms with E-state index in [4.69, 9.17) is 4.74 Å². The molecule has 1 amide bonds. The second kappa shape index (κ2) is 6.52. The molecule has 1 saturated heterocycles. The maximum absolute atomic E-state index is 11.9. The number of hydrogen-bond acceptors (Lipinski definition) is 4. The molecular weight excluding hydrogens is 258 g/mol. The standard InChI is InChI=1S/C15H19NO4/c1-10-4-6-11(7-5-10)16-14(17)9-12(15(18)19)13-3-2-8-20-13/h4-7,12-13H,2-3,8-9H2,1H3,(H,16,17)(H,18,19)/p-1/t12-,13-/m0/s1. The average Bonchev–Trinajstić information content (AvgIpc) is 2.92. The number of carbonyl (C=O) groups excluding carboxylic acids is 2. The Morgan fingerprint density at radius 3 is 2.65 bits per heavy atom. The molecule has 0 aliphatic carbocycles. The Kier molecular flexibility index (Phi) is 4.74. The van der Waals surface area contributed by atoms with Gasteiger partial charge in [0.2, 0.25) is 5.91 Å². The number of hydrogen-bond donors (Lipinski definition) is 1. The number of carboxylic acid groups (broad SMARTS) is 1. The number of aryl methyl sites for hydroxylation is 1. The monoisotopic (exact) mass is 276 g/mol. The molecule has 1 aliphatic heterocycles. The number of amides is 1. The Morgan fingerprint density at radius 2 is 2.10 bits per heavy atom. The van der Waals surface area contributed by atoms with E-state index in [0.717, 1.165) is 12.0 Å². The molecule has 0 saturated carbocycles. The molecule has 5 nitrogen and oxygen atoms in total. The van der Waals surface area contributed by atoms with Crippen LogP contribution >= 0.6 is 0 Å². The summed E-state index contributed by atoms with van der Waals surface area (Å²) in [5, 5.41) is 13.8. The highest BCUT2D eigenvalue weighted by molar-refractivity contribution is 5.93. The molecule has 2 atom stereocenters. The number of carboxylic acids is 1. The van der Waals surface area contributed by atoms with Gasteiger partial charge in [-0.2, -0.15) is 0 Å². The molecule has 1 aromatic rings. The molecule has 108 valence electrons. The Labute approximate surface area is 117 Å². The van der Waals surface area contributed by atoms with Crippen LogP contribution in [-0.2, 0) is 14.3 Å². The van der Waals surface area contributed by atoms with Gasteiger partial charge in [0.1, 0.15) is 0 Å². The second-order valence-corrected chi connectivity index (χ2v) is 5.10. The Balaban J connectivity index is 1.94. The fourth-order valence-electron chi connectivity index (χ4n) is 2.34. The van der Waals surface area contributed by atoms with Crippen LogP contribution in [0.1, 0.15) is 24.8 Å². The Morgan fingerprint density at radius 1 is 1.40 bits per heavy atom. The third-order valence-electron chi connectivity index (χ3n) is 3.46. The van der Waals surface area contributed by atoms with Gasteiger partial charge in [-0.1, -0.05) is 17.7 Å². The molecule has 1 fully saturated rings. The van der Waals surface area contributed by atoms with Crippen LogP contribution in [0.2, 0.25) is 0 Å². The third kappa shape index (κ3) is 3.81. The van der Waals surface area contributed by atoms with Crippen LogP contribution < -0.4 is 10.4 Å². The summed E-state index contributed by atoms with van der Waals surface area (Å²) >= 11 is 0. The summed E-state index contributed by atoms with van der Waals surface area (Å²) < 4.78 is 5.34. The normalized spacial score (nSPS) is 19.6. The van der Waals surface area contributed by atoms with Gasteiger partial charge in [0.15, 0.2) is 0 Å². The van der Waals surface area contributed by atoms with Crippen LogP contribution in [0.4, 0.5) is 5.69 Å². The summed E-state index contributed by atoms with van der Waals surface area (Å²) in [5.74, 6) is -2.45. The van der Waals surface area contributed by atoms with Crippen molar-refractivity contribution >= 4 is 17.6 Å². The number of rotatable bonds is 5. The second-order valence-electron chi connectivity index (χ2n) is 5.10. The van der Waals surface area contributed by atoms with Gasteiger partial charge in [-0.25, -0.2) is 0 Å². The molecule has 1 heterocycles. The van der Waals surface area contributed by atoms with Crippen molar-refractivity contribution < 1.29 is 19.4 Å². The van der Waals surface area contributed by atoms with Crippen molar-refractivity contribution in [3.05, 3.63) is 29.8 Å². The zero-order chi connectivity index (χ0) is 14.5. The molecule has 0 unspecified atom stereocenters. The van der Waals surface area contributed by atoms with E-state index in [1.807, 2.05) is 19.1 Å². The topological polar surface area (TPSA) is 78.5 Å². The maximum atomic E-state index is 11.9. The van der Waals surface area contributed by atoms with Gasteiger partial charge in [-0.15, -0.1) is 0 Å². The zero-order valence-corrected chi connectivity index (χ0v) is 11.4. The smallest absolute Gasteiger partial charge is 0.225 e. The van der Waals surface area contributed by atoms with Crippen molar-refractivity contribution in [3.8, 4) is 0 Å². The lowest BCUT2D eigenvalue weighted by atomic mass is 9.96. The van der Waals surface area contributed by atoms with Crippen molar-refractivity contribution in [2.75, 3.05) is 11.9 Å². The predicted octanol–water partition coefficient (Wildman–Crippen LogP) is 0.869. The average molecular weight is 276 g/mol. The van der Waals surface area contributed by atoms with E-state index >= 15 is 0 Å². The first-order chi connectivity index (χ1) is 9.56. The van der Waals surface area contributed by atoms with Crippen molar-refractivity contribution in [1.29, 1.82) is 0 Å². The van der Waals surface area contributed by atoms with Gasteiger partial charge < -0.3 is 20.0 Å². The third-order valence-corrected chi connectivity index (χ3v) is 3.46. The van der Waals surface area contributed by atoms with Crippen molar-refractivity contribution in [2.24, 2.45) is 5.92 Å². The van der Waals surface area contributed by atoms with Crippen molar-refractivity contribution in [1.82, 2.24) is 0 Å². The first-order valence-electron chi connectivity index (χ1n) is 6.75. The first-order valence-corrected chi connectivity index (χ1v) is 6.75. The van der Waals surface area contributed by atoms with E-state index in [-0.39, 0.29) is 12.3 Å². The molecule has 1 N–H and O–H groups in total. The van der Waals surface area contributed by atoms with E-state index in [0.29, 0.717) is 18.7 Å². The van der Waals surface area contributed by atoms with E-state index in [1.54, 1.807) is 12.1 Å². The number of aliphatic carboxylic acids is 1. The minimum atomic E-state index is -1.23. The molecular formula is C15H18NO4-. The van der Waals surface area contributed by atoms with Crippen molar-refractivity contribution in [2.45, 2.75) is 32.3 Å². The highest BCUT2D eigenvalue weighted by atomic mass is 16.5. The summed E-state index contributed by atoms with van der Waals surface area (Å²) in [7, 11) is 0. The lowest BCUT2D eigenvalue weighted by Gasteiger charge is -2.23. The molecule has 0 aromatic heterocycles. The van der Waals surface area contributed by atoms with E-state index in [2.05, 4.69) is 5.32 Å². The molecule has 0 bridgehead atoms. The lowest BCUT2D eigenvalue weighted by Crippen LogP contribution is -2.40. The molecule has 5 heteroatoms. The number of carbonyl (C=O) groups is 2. The summed E-state index contributed by atoms with van der Waals surface area (Å²) in [6.07, 6.45) is 0.953. The van der Waals surface area contributed by atoms with Crippen LogP contribution in [0.15, 0.2) is 24.3 Å². The summed E-state index contributed by atoms with van der Waals surface area (Å²) in [6, 6.07) is 7.33. The van der Waals surface area contributed by atoms with E-state index < -0.39 is 18.0 Å². The summed E-state index contributed by atoms with van der Waals surface area (Å²) in [5.41, 5.74) is 1.75. The molecule has 0 spiro atoms. The van der Waals surface area contributed by atoms with Gasteiger partial charge in [0.25, 0.3) is 0 Å². The molecule has 0 radical (unpaired) electrons. The van der Waals surface area contributed by atoms with Crippen LogP contribution in [0.5, 0.6) is 0 Å². The van der Waals surface area contributed by atoms with Crippen LogP contribution in [0, 0.1) is 12.8 Å². The largest absolute Gasteiger partial charge is 0.550 e. The van der Waals surface area contributed by atoms with E-state index in [9.17, 15) is 14.7 Å². The van der Waals surface area contributed by atoms with Crippen LogP contribution in [-0.4, -0.2) is 24.6 Å². The number of nitrogens with one attached hydrogen (secondary N) is 1. The fourth-order valence-corrected chi connectivity index (χ4v) is 2.34. The highest BCUT2D eigenvalue weighted by Crippen LogP contribution is 2.23. The first kappa shape index (κ1) is 14.5. The Bertz CT molecular complexity index is 477. The minimum absolute atomic E-state index is 0.124. The van der Waals surface area contributed by atoms with Gasteiger partial charge >= 0.3 is 0 Å². The van der Waals surface area contributed by atoms with Crippen LogP contribution in [0.3, 0.4) is 0 Å². The summed E-state index contributed by atoms with van der Waals surface area (Å²) in [4.78, 5) is 23.1. The lowest BCUT2D eigenvalue weighted by molar-refractivity contribution is -0.314. The van der Waals surface area contributed by atoms with Gasteiger partial charge in [0, 0.05) is 30.6 Å². The quantitative estimate of drug-likeness (QED) is 0.865. The minimum Gasteiger partial charge on any atom is -0.550 e. The van der Waals surface area contributed by atoms with Gasteiger partial charge in [-0.3, -0.25) is 4.79 Å². The number of ether oxygens (including phenoxy) is 1. The van der Waals surface area contributed by atoms with Gasteiger partial charge in [-0.05, 0) is 31.9 Å². The molecule has 20 heavy (non-hydrogen) atoms. The maximum Gasteiger partial charge on any atom is 0.225 e.